The molecule has 0 N–H and O–H groups in total. The van der Waals surface area contributed by atoms with E-state index in [0.717, 1.165) is 14.5 Å². The minimum absolute atomic E-state index is 0.324. The van der Waals surface area contributed by atoms with Crippen LogP contribution in [0.1, 0.15) is 26.3 Å². The van der Waals surface area contributed by atoms with Gasteiger partial charge in [-0.2, -0.15) is 4.40 Å². The second-order valence-corrected chi connectivity index (χ2v) is 7.97. The molecule has 0 saturated heterocycles. The normalized spacial score (nSPS) is 14.3. The van der Waals surface area contributed by atoms with Gasteiger partial charge in [-0.05, 0) is 39.0 Å². The highest BCUT2D eigenvalue weighted by molar-refractivity contribution is 9.11. The number of halogens is 2. The van der Waals surface area contributed by atoms with Gasteiger partial charge >= 0.3 is 0 Å². The standard InChI is InChI=1S/C11H13Br2NOS/c1-11(2,3)16(15)14-7-8-6-9(12)4-5-10(8)13/h4-7H,1-3H3/b14-7-/t16-/m0/s1. The third kappa shape index (κ3) is 4.11. The number of hydrogen-bond donors (Lipinski definition) is 0. The van der Waals surface area contributed by atoms with Crippen LogP contribution in [0.3, 0.4) is 0 Å². The van der Waals surface area contributed by atoms with Gasteiger partial charge in [0.05, 0.1) is 4.75 Å². The van der Waals surface area contributed by atoms with Gasteiger partial charge in [0.1, 0.15) is 11.0 Å². The van der Waals surface area contributed by atoms with Gasteiger partial charge < -0.3 is 0 Å². The molecule has 0 heterocycles. The zero-order chi connectivity index (χ0) is 12.3. The van der Waals surface area contributed by atoms with Crippen LogP contribution in [0.5, 0.6) is 0 Å². The lowest BCUT2D eigenvalue weighted by molar-refractivity contribution is 0.651. The largest absolute Gasteiger partial charge is 0.234 e. The Kier molecular flexibility index (Phi) is 4.88. The fourth-order valence-electron chi connectivity index (χ4n) is 0.876. The molecule has 1 aromatic carbocycles. The van der Waals surface area contributed by atoms with Crippen molar-refractivity contribution >= 4 is 49.1 Å². The molecular weight excluding hydrogens is 354 g/mol. The van der Waals surface area contributed by atoms with Crippen LogP contribution in [-0.4, -0.2) is 15.2 Å². The third-order valence-corrected chi connectivity index (χ3v) is 4.33. The molecule has 0 spiro atoms. The summed E-state index contributed by atoms with van der Waals surface area (Å²) in [5, 5.41) is 0. The Bertz CT molecular complexity index is 438. The van der Waals surface area contributed by atoms with Crippen LogP contribution in [0.2, 0.25) is 0 Å². The Morgan fingerprint density at radius 2 is 1.94 bits per heavy atom. The molecule has 0 unspecified atom stereocenters. The van der Waals surface area contributed by atoms with E-state index in [-0.39, 0.29) is 4.75 Å². The molecule has 0 aliphatic heterocycles. The van der Waals surface area contributed by atoms with Crippen molar-refractivity contribution in [1.82, 2.24) is 0 Å². The van der Waals surface area contributed by atoms with Crippen molar-refractivity contribution in [2.24, 2.45) is 4.40 Å². The van der Waals surface area contributed by atoms with Crippen molar-refractivity contribution in [1.29, 1.82) is 0 Å². The average Bonchev–Trinajstić information content (AvgIpc) is 2.17. The maximum Gasteiger partial charge on any atom is 0.144 e. The summed E-state index contributed by atoms with van der Waals surface area (Å²) in [6, 6.07) is 5.78. The number of benzene rings is 1. The smallest absolute Gasteiger partial charge is 0.144 e. The monoisotopic (exact) mass is 365 g/mol. The molecular formula is C11H13Br2NOS. The summed E-state index contributed by atoms with van der Waals surface area (Å²) in [7, 11) is -1.22. The van der Waals surface area contributed by atoms with E-state index in [1.807, 2.05) is 39.0 Å². The minimum Gasteiger partial charge on any atom is -0.234 e. The van der Waals surface area contributed by atoms with Gasteiger partial charge in [-0.1, -0.05) is 31.9 Å². The van der Waals surface area contributed by atoms with E-state index in [4.69, 9.17) is 0 Å². The highest BCUT2D eigenvalue weighted by atomic mass is 79.9. The van der Waals surface area contributed by atoms with Crippen LogP contribution in [0, 0.1) is 0 Å². The predicted molar refractivity (Wildman–Crippen MR) is 77.3 cm³/mol. The van der Waals surface area contributed by atoms with Crippen molar-refractivity contribution in [3.8, 4) is 0 Å². The molecule has 0 aliphatic carbocycles. The van der Waals surface area contributed by atoms with Gasteiger partial charge in [-0.3, -0.25) is 0 Å². The first kappa shape index (κ1) is 14.1. The quantitative estimate of drug-likeness (QED) is 0.724. The molecule has 0 amide bonds. The lowest BCUT2D eigenvalue weighted by Crippen LogP contribution is -2.19. The molecule has 0 aromatic heterocycles. The molecule has 0 bridgehead atoms. The van der Waals surface area contributed by atoms with E-state index in [1.54, 1.807) is 6.21 Å². The van der Waals surface area contributed by atoms with Crippen LogP contribution in [0.15, 0.2) is 31.5 Å². The zero-order valence-corrected chi connectivity index (χ0v) is 13.3. The molecule has 1 atom stereocenters. The zero-order valence-electron chi connectivity index (χ0n) is 9.33. The molecule has 1 aromatic rings. The summed E-state index contributed by atoms with van der Waals surface area (Å²) >= 11 is 6.80. The van der Waals surface area contributed by atoms with Crippen molar-refractivity contribution in [2.45, 2.75) is 25.5 Å². The van der Waals surface area contributed by atoms with E-state index in [0.29, 0.717) is 0 Å². The molecule has 0 saturated carbocycles. The average molecular weight is 367 g/mol. The summed E-state index contributed by atoms with van der Waals surface area (Å²) in [6.07, 6.45) is 1.64. The van der Waals surface area contributed by atoms with E-state index >= 15 is 0 Å². The maximum atomic E-state index is 11.7. The second-order valence-electron chi connectivity index (χ2n) is 4.26. The van der Waals surface area contributed by atoms with Gasteiger partial charge in [0.25, 0.3) is 0 Å². The van der Waals surface area contributed by atoms with Crippen molar-refractivity contribution in [3.05, 3.63) is 32.7 Å². The van der Waals surface area contributed by atoms with Gasteiger partial charge in [0, 0.05) is 20.7 Å². The van der Waals surface area contributed by atoms with E-state index < -0.39 is 11.0 Å². The molecule has 5 heteroatoms. The molecule has 0 radical (unpaired) electrons. The van der Waals surface area contributed by atoms with E-state index in [2.05, 4.69) is 36.3 Å². The summed E-state index contributed by atoms with van der Waals surface area (Å²) in [5.74, 6) is 0. The first-order valence-electron chi connectivity index (χ1n) is 4.72. The van der Waals surface area contributed by atoms with Crippen LogP contribution in [-0.2, 0) is 11.0 Å². The van der Waals surface area contributed by atoms with Crippen LogP contribution >= 0.6 is 31.9 Å². The molecule has 88 valence electrons. The molecule has 1 rings (SSSR count). The first-order chi connectivity index (χ1) is 7.30. The fourth-order valence-corrected chi connectivity index (χ4v) is 2.13. The highest BCUT2D eigenvalue weighted by Gasteiger charge is 2.18. The van der Waals surface area contributed by atoms with Crippen LogP contribution < -0.4 is 0 Å². The van der Waals surface area contributed by atoms with Crippen molar-refractivity contribution in [3.63, 3.8) is 0 Å². The molecule has 0 aliphatic rings. The first-order valence-corrected chi connectivity index (χ1v) is 7.41. The van der Waals surface area contributed by atoms with Crippen LogP contribution in [0.25, 0.3) is 0 Å². The Balaban J connectivity index is 2.93. The van der Waals surface area contributed by atoms with Gasteiger partial charge in [-0.25, -0.2) is 4.21 Å². The minimum atomic E-state index is -1.22. The topological polar surface area (TPSA) is 29.4 Å². The fraction of sp³-hybridized carbons (Fsp3) is 0.364. The van der Waals surface area contributed by atoms with Crippen LogP contribution in [0.4, 0.5) is 0 Å². The summed E-state index contributed by atoms with van der Waals surface area (Å²) in [5.41, 5.74) is 0.909. The second kappa shape index (κ2) is 5.56. The van der Waals surface area contributed by atoms with Crippen molar-refractivity contribution in [2.75, 3.05) is 0 Å². The van der Waals surface area contributed by atoms with E-state index in [1.165, 1.54) is 0 Å². The summed E-state index contributed by atoms with van der Waals surface area (Å²) in [6.45, 7) is 5.70. The van der Waals surface area contributed by atoms with Gasteiger partial charge in [0.2, 0.25) is 0 Å². The highest BCUT2D eigenvalue weighted by Crippen LogP contribution is 2.20. The maximum absolute atomic E-state index is 11.7. The third-order valence-electron chi connectivity index (χ3n) is 1.77. The summed E-state index contributed by atoms with van der Waals surface area (Å²) < 4.78 is 17.4. The van der Waals surface area contributed by atoms with E-state index in [9.17, 15) is 4.21 Å². The Morgan fingerprint density at radius 3 is 2.50 bits per heavy atom. The molecule has 0 fully saturated rings. The number of hydrogen-bond acceptors (Lipinski definition) is 1. The predicted octanol–water partition coefficient (Wildman–Crippen LogP) is 4.09. The summed E-state index contributed by atoms with van der Waals surface area (Å²) in [4.78, 5) is 0. The lowest BCUT2D eigenvalue weighted by atomic mass is 10.2. The Hall–Kier alpha value is -0.000000000000000111. The van der Waals surface area contributed by atoms with Gasteiger partial charge in [0.15, 0.2) is 0 Å². The Labute approximate surface area is 115 Å². The molecule has 2 nitrogen and oxygen atoms in total. The lowest BCUT2D eigenvalue weighted by Gasteiger charge is -2.12. The van der Waals surface area contributed by atoms with Crippen molar-refractivity contribution < 1.29 is 4.21 Å². The van der Waals surface area contributed by atoms with Gasteiger partial charge in [-0.15, -0.1) is 0 Å². The number of nitrogens with zero attached hydrogens (tertiary/aromatic N) is 1. The number of rotatable bonds is 2. The SMILES string of the molecule is CC(C)(C)[S@](=O)/N=C\c1cc(Br)ccc1Br. The Morgan fingerprint density at radius 1 is 1.31 bits per heavy atom. The molecule has 16 heavy (non-hydrogen) atoms.